The number of carbonyl (C=O) groups is 1. The third kappa shape index (κ3) is 3.08. The molecule has 8 heteroatoms. The molecule has 0 spiro atoms. The van der Waals surface area contributed by atoms with Gasteiger partial charge in [-0.1, -0.05) is 0 Å². The Morgan fingerprint density at radius 3 is 3.07 bits per heavy atom. The molecule has 2 aromatic heterocycles. The van der Waals surface area contributed by atoms with Gasteiger partial charge in [-0.3, -0.25) is 4.79 Å². The third-order valence-electron chi connectivity index (χ3n) is 5.61. The summed E-state index contributed by atoms with van der Waals surface area (Å²) in [6, 6.07) is 6.55. The molecule has 150 valence electrons. The van der Waals surface area contributed by atoms with Gasteiger partial charge in [0.15, 0.2) is 5.65 Å². The summed E-state index contributed by atoms with van der Waals surface area (Å²) in [7, 11) is 0. The van der Waals surface area contributed by atoms with Crippen molar-refractivity contribution in [3.63, 3.8) is 0 Å². The summed E-state index contributed by atoms with van der Waals surface area (Å²) in [5.74, 6) is 0.985. The number of aryl methyl sites for hydroxylation is 1. The molecule has 4 heterocycles. The van der Waals surface area contributed by atoms with Gasteiger partial charge in [-0.15, -0.1) is 0 Å². The van der Waals surface area contributed by atoms with Crippen LogP contribution in [0.3, 0.4) is 0 Å². The normalized spacial score (nSPS) is 19.4. The number of rotatable bonds is 0. The van der Waals surface area contributed by atoms with Crippen LogP contribution < -0.4 is 15.0 Å². The first kappa shape index (κ1) is 17.9. The van der Waals surface area contributed by atoms with E-state index in [4.69, 9.17) is 9.72 Å². The Bertz CT molecular complexity index is 1100. The molecule has 1 fully saturated rings. The van der Waals surface area contributed by atoms with E-state index in [0.29, 0.717) is 42.2 Å². The predicted molar refractivity (Wildman–Crippen MR) is 106 cm³/mol. The van der Waals surface area contributed by atoms with Gasteiger partial charge >= 0.3 is 0 Å². The summed E-state index contributed by atoms with van der Waals surface area (Å²) in [5.41, 5.74) is 2.51. The molecule has 2 aliphatic rings. The fourth-order valence-electron chi connectivity index (χ4n) is 4.28. The Balaban J connectivity index is 1.67. The first-order valence-electron chi connectivity index (χ1n) is 9.95. The van der Waals surface area contributed by atoms with Crippen molar-refractivity contribution >= 4 is 17.4 Å². The number of nitrogens with zero attached hydrogens (tertiary/aromatic N) is 4. The van der Waals surface area contributed by atoms with Crippen molar-refractivity contribution in [3.8, 4) is 5.75 Å². The van der Waals surface area contributed by atoms with Gasteiger partial charge in [0.05, 0.1) is 18.3 Å². The average molecular weight is 395 g/mol. The topological polar surface area (TPSA) is 71.8 Å². The number of carbonyl (C=O) groups excluding carboxylic acids is 1. The van der Waals surface area contributed by atoms with Gasteiger partial charge in [-0.25, -0.2) is 13.9 Å². The van der Waals surface area contributed by atoms with E-state index in [2.05, 4.69) is 15.3 Å². The highest BCUT2D eigenvalue weighted by Gasteiger charge is 2.31. The van der Waals surface area contributed by atoms with E-state index >= 15 is 0 Å². The summed E-state index contributed by atoms with van der Waals surface area (Å²) in [4.78, 5) is 19.7. The van der Waals surface area contributed by atoms with Crippen LogP contribution in [-0.2, 0) is 0 Å². The van der Waals surface area contributed by atoms with Gasteiger partial charge in [0, 0.05) is 24.8 Å². The Hall–Kier alpha value is -3.16. The summed E-state index contributed by atoms with van der Waals surface area (Å²) in [6.07, 6.45) is 4.33. The van der Waals surface area contributed by atoms with Crippen LogP contribution in [0, 0.1) is 12.7 Å². The highest BCUT2D eigenvalue weighted by molar-refractivity contribution is 6.01. The lowest BCUT2D eigenvalue weighted by Gasteiger charge is -2.28. The van der Waals surface area contributed by atoms with E-state index in [1.54, 1.807) is 16.6 Å². The number of fused-ring (bicyclic) bond motifs is 5. The SMILES string of the molecule is Cc1nn2ccc3nc2c1C(=O)NCCCOc1ccc(F)cc1[C@H]1CCCN31. The fraction of sp³-hybridized carbons (Fsp3) is 0.381. The second kappa shape index (κ2) is 7.02. The summed E-state index contributed by atoms with van der Waals surface area (Å²) in [6.45, 7) is 3.53. The third-order valence-corrected chi connectivity index (χ3v) is 5.61. The van der Waals surface area contributed by atoms with Crippen molar-refractivity contribution in [1.29, 1.82) is 0 Å². The number of amides is 1. The van der Waals surface area contributed by atoms with Crippen LogP contribution in [-0.4, -0.2) is 40.2 Å². The first-order valence-corrected chi connectivity index (χ1v) is 9.95. The molecule has 0 radical (unpaired) electrons. The number of anilines is 1. The number of hydrogen-bond donors (Lipinski definition) is 1. The first-order chi connectivity index (χ1) is 14.1. The molecule has 5 rings (SSSR count). The molecule has 1 saturated heterocycles. The minimum Gasteiger partial charge on any atom is -0.493 e. The molecule has 0 saturated carbocycles. The van der Waals surface area contributed by atoms with Crippen LogP contribution in [0.25, 0.3) is 5.65 Å². The number of halogens is 1. The number of hydrogen-bond acceptors (Lipinski definition) is 5. The van der Waals surface area contributed by atoms with Crippen molar-refractivity contribution in [2.75, 3.05) is 24.6 Å². The Labute approximate surface area is 167 Å². The molecule has 3 aromatic rings. The molecule has 0 unspecified atom stereocenters. The van der Waals surface area contributed by atoms with Crippen LogP contribution >= 0.6 is 0 Å². The number of nitrogens with one attached hydrogen (secondary N) is 1. The van der Waals surface area contributed by atoms with E-state index in [0.717, 1.165) is 30.8 Å². The molecular formula is C21H22FN5O2. The zero-order valence-corrected chi connectivity index (χ0v) is 16.2. The van der Waals surface area contributed by atoms with Gasteiger partial charge in [0.2, 0.25) is 0 Å². The largest absolute Gasteiger partial charge is 0.493 e. The summed E-state index contributed by atoms with van der Waals surface area (Å²) >= 11 is 0. The molecule has 1 atom stereocenters. The average Bonchev–Trinajstić information content (AvgIpc) is 3.31. The Kier molecular flexibility index (Phi) is 4.34. The summed E-state index contributed by atoms with van der Waals surface area (Å²) in [5, 5.41) is 7.36. The number of ether oxygens (including phenoxy) is 1. The van der Waals surface area contributed by atoms with Crippen molar-refractivity contribution in [2.24, 2.45) is 0 Å². The molecule has 1 amide bonds. The molecule has 29 heavy (non-hydrogen) atoms. The smallest absolute Gasteiger partial charge is 0.257 e. The lowest BCUT2D eigenvalue weighted by molar-refractivity contribution is 0.0952. The molecule has 1 N–H and O–H groups in total. The van der Waals surface area contributed by atoms with Gasteiger partial charge in [-0.2, -0.15) is 5.10 Å². The van der Waals surface area contributed by atoms with E-state index in [9.17, 15) is 9.18 Å². The van der Waals surface area contributed by atoms with E-state index < -0.39 is 0 Å². The zero-order chi connectivity index (χ0) is 20.0. The van der Waals surface area contributed by atoms with Gasteiger partial charge in [0.1, 0.15) is 22.9 Å². The number of aromatic nitrogens is 3. The van der Waals surface area contributed by atoms with Crippen LogP contribution in [0.4, 0.5) is 10.2 Å². The van der Waals surface area contributed by atoms with E-state index in [1.165, 1.54) is 6.07 Å². The highest BCUT2D eigenvalue weighted by atomic mass is 19.1. The van der Waals surface area contributed by atoms with Gasteiger partial charge < -0.3 is 15.0 Å². The maximum atomic E-state index is 14.1. The monoisotopic (exact) mass is 395 g/mol. The van der Waals surface area contributed by atoms with Gasteiger partial charge in [-0.05, 0) is 50.5 Å². The molecule has 2 bridgehead atoms. The fourth-order valence-corrected chi connectivity index (χ4v) is 4.28. The van der Waals surface area contributed by atoms with E-state index in [-0.39, 0.29) is 17.8 Å². The standard InChI is InChI=1S/C21H22FN5O2/c1-13-19-20-24-18(7-10-27(20)25-13)26-9-2-4-16(26)15-12-14(22)5-6-17(15)29-11-3-8-23-21(19)28/h5-7,10,12,16H,2-4,8-9,11H2,1H3,(H,23,28)/t16-/m1/s1. The Morgan fingerprint density at radius 2 is 2.17 bits per heavy atom. The zero-order valence-electron chi connectivity index (χ0n) is 16.2. The minimum absolute atomic E-state index is 0.0279. The molecule has 2 aliphatic heterocycles. The van der Waals surface area contributed by atoms with E-state index in [1.807, 2.05) is 19.2 Å². The second-order valence-corrected chi connectivity index (χ2v) is 7.51. The number of benzene rings is 1. The maximum Gasteiger partial charge on any atom is 0.257 e. The van der Waals surface area contributed by atoms with Crippen molar-refractivity contribution in [1.82, 2.24) is 19.9 Å². The van der Waals surface area contributed by atoms with Gasteiger partial charge in [0.25, 0.3) is 5.91 Å². The molecule has 0 aliphatic carbocycles. The molecule has 1 aromatic carbocycles. The van der Waals surface area contributed by atoms with Crippen molar-refractivity contribution in [2.45, 2.75) is 32.2 Å². The van der Waals surface area contributed by atoms with Crippen LogP contribution in [0.1, 0.15) is 46.9 Å². The minimum atomic E-state index is -0.273. The predicted octanol–water partition coefficient (Wildman–Crippen LogP) is 3.03. The maximum absolute atomic E-state index is 14.1. The van der Waals surface area contributed by atoms with Crippen molar-refractivity contribution in [3.05, 3.63) is 53.1 Å². The quantitative estimate of drug-likeness (QED) is 0.634. The van der Waals surface area contributed by atoms with Crippen LogP contribution in [0.5, 0.6) is 5.75 Å². The lowest BCUT2D eigenvalue weighted by atomic mass is 10.0. The lowest BCUT2D eigenvalue weighted by Crippen LogP contribution is -2.27. The highest BCUT2D eigenvalue weighted by Crippen LogP contribution is 2.40. The molecule has 7 nitrogen and oxygen atoms in total. The summed E-state index contributed by atoms with van der Waals surface area (Å²) < 4.78 is 21.7. The molecular weight excluding hydrogens is 373 g/mol. The van der Waals surface area contributed by atoms with Crippen LogP contribution in [0.2, 0.25) is 0 Å². The second-order valence-electron chi connectivity index (χ2n) is 7.51. The Morgan fingerprint density at radius 1 is 1.28 bits per heavy atom. The van der Waals surface area contributed by atoms with Crippen molar-refractivity contribution < 1.29 is 13.9 Å². The van der Waals surface area contributed by atoms with Crippen LogP contribution in [0.15, 0.2) is 30.5 Å².